The minimum absolute atomic E-state index is 0.0829. The maximum Gasteiger partial charge on any atom is 0.317 e. The molecule has 0 unspecified atom stereocenters. The van der Waals surface area contributed by atoms with E-state index in [0.29, 0.717) is 13.1 Å². The molecular formula is C24H24N4O. The van der Waals surface area contributed by atoms with E-state index in [0.717, 1.165) is 17.7 Å². The fraction of sp³-hybridized carbons (Fsp3) is 0.167. The molecule has 0 atom stereocenters. The topological polar surface area (TPSA) is 50.2 Å². The predicted octanol–water partition coefficient (Wildman–Crippen LogP) is 4.43. The molecule has 0 saturated carbocycles. The number of aromatic nitrogens is 2. The van der Waals surface area contributed by atoms with Crippen molar-refractivity contribution < 1.29 is 4.79 Å². The van der Waals surface area contributed by atoms with E-state index in [-0.39, 0.29) is 6.03 Å². The van der Waals surface area contributed by atoms with Crippen LogP contribution in [0.1, 0.15) is 16.7 Å². The van der Waals surface area contributed by atoms with Crippen molar-refractivity contribution in [3.8, 4) is 0 Å². The van der Waals surface area contributed by atoms with Crippen molar-refractivity contribution in [2.24, 2.45) is 0 Å². The minimum Gasteiger partial charge on any atom is -0.334 e. The van der Waals surface area contributed by atoms with Gasteiger partial charge in [0, 0.05) is 39.1 Å². The molecule has 2 amide bonds. The van der Waals surface area contributed by atoms with Crippen molar-refractivity contribution in [3.05, 3.63) is 102 Å². The summed E-state index contributed by atoms with van der Waals surface area (Å²) < 4.78 is 2.03. The number of carbonyl (C=O) groups is 1. The van der Waals surface area contributed by atoms with E-state index in [1.165, 1.54) is 16.3 Å². The second-order valence-corrected chi connectivity index (χ2v) is 7.20. The number of urea groups is 1. The molecule has 5 nitrogen and oxygen atoms in total. The van der Waals surface area contributed by atoms with Gasteiger partial charge in [-0.1, -0.05) is 66.7 Å². The number of nitrogens with zero attached hydrogens (tertiary/aromatic N) is 3. The van der Waals surface area contributed by atoms with Crippen LogP contribution in [0.3, 0.4) is 0 Å². The van der Waals surface area contributed by atoms with Gasteiger partial charge in [-0.15, -0.1) is 0 Å². The molecule has 0 aliphatic carbocycles. The smallest absolute Gasteiger partial charge is 0.317 e. The van der Waals surface area contributed by atoms with Crippen molar-refractivity contribution >= 4 is 16.8 Å². The molecule has 1 N–H and O–H groups in total. The molecule has 4 aromatic rings. The average molecular weight is 384 g/mol. The molecule has 4 rings (SSSR count). The van der Waals surface area contributed by atoms with Crippen molar-refractivity contribution in [3.63, 3.8) is 0 Å². The van der Waals surface area contributed by atoms with Gasteiger partial charge in [-0.05, 0) is 27.5 Å². The van der Waals surface area contributed by atoms with E-state index in [1.807, 2.05) is 36.0 Å². The Labute approximate surface area is 170 Å². The lowest BCUT2D eigenvalue weighted by Crippen LogP contribution is -2.36. The maximum atomic E-state index is 12.5. The Morgan fingerprint density at radius 3 is 2.55 bits per heavy atom. The third-order valence-electron chi connectivity index (χ3n) is 5.03. The van der Waals surface area contributed by atoms with E-state index < -0.39 is 0 Å². The predicted molar refractivity (Wildman–Crippen MR) is 115 cm³/mol. The fourth-order valence-electron chi connectivity index (χ4n) is 3.42. The Kier molecular flexibility index (Phi) is 5.56. The van der Waals surface area contributed by atoms with Gasteiger partial charge in [0.15, 0.2) is 0 Å². The lowest BCUT2D eigenvalue weighted by Gasteiger charge is -2.19. The first-order valence-electron chi connectivity index (χ1n) is 9.68. The van der Waals surface area contributed by atoms with Crippen LogP contribution in [0.15, 0.2) is 85.5 Å². The largest absolute Gasteiger partial charge is 0.334 e. The number of imidazole rings is 1. The Morgan fingerprint density at radius 1 is 1.00 bits per heavy atom. The lowest BCUT2D eigenvalue weighted by atomic mass is 10.0. The monoisotopic (exact) mass is 384 g/mol. The van der Waals surface area contributed by atoms with Gasteiger partial charge in [0.1, 0.15) is 0 Å². The van der Waals surface area contributed by atoms with E-state index in [9.17, 15) is 4.79 Å². The summed E-state index contributed by atoms with van der Waals surface area (Å²) in [6.07, 6.45) is 5.53. The fourth-order valence-corrected chi connectivity index (χ4v) is 3.42. The van der Waals surface area contributed by atoms with Gasteiger partial charge in [-0.2, -0.15) is 0 Å². The second-order valence-electron chi connectivity index (χ2n) is 7.20. The summed E-state index contributed by atoms with van der Waals surface area (Å²) >= 11 is 0. The lowest BCUT2D eigenvalue weighted by molar-refractivity contribution is 0.206. The van der Waals surface area contributed by atoms with Crippen LogP contribution in [0.2, 0.25) is 0 Å². The average Bonchev–Trinajstić information content (AvgIpc) is 3.26. The SMILES string of the molecule is CN(Cc1cccc2ccccc12)C(=O)NCc1ccc(Cn2ccnc2)cc1. The molecular weight excluding hydrogens is 360 g/mol. The highest BCUT2D eigenvalue weighted by Gasteiger charge is 2.10. The van der Waals surface area contributed by atoms with Crippen LogP contribution in [-0.2, 0) is 19.6 Å². The number of rotatable bonds is 6. The summed E-state index contributed by atoms with van der Waals surface area (Å²) in [6.45, 7) is 1.86. The number of amides is 2. The highest BCUT2D eigenvalue weighted by atomic mass is 16.2. The van der Waals surface area contributed by atoms with Crippen LogP contribution in [0, 0.1) is 0 Å². The zero-order valence-electron chi connectivity index (χ0n) is 16.5. The van der Waals surface area contributed by atoms with Gasteiger partial charge in [0.25, 0.3) is 0 Å². The number of hydrogen-bond acceptors (Lipinski definition) is 2. The molecule has 0 spiro atoms. The van der Waals surface area contributed by atoms with Gasteiger partial charge < -0.3 is 14.8 Å². The van der Waals surface area contributed by atoms with Crippen molar-refractivity contribution in [1.82, 2.24) is 19.8 Å². The molecule has 3 aromatic carbocycles. The molecule has 0 saturated heterocycles. The van der Waals surface area contributed by atoms with Crippen LogP contribution < -0.4 is 5.32 Å². The van der Waals surface area contributed by atoms with Crippen LogP contribution >= 0.6 is 0 Å². The standard InChI is InChI=1S/C24H24N4O/c1-27(17-22-7-4-6-21-5-2-3-8-23(21)22)24(29)26-15-19-9-11-20(12-10-19)16-28-14-13-25-18-28/h2-14,18H,15-17H2,1H3,(H,26,29). The highest BCUT2D eigenvalue weighted by Crippen LogP contribution is 2.19. The van der Waals surface area contributed by atoms with E-state index in [4.69, 9.17) is 0 Å². The number of hydrogen-bond donors (Lipinski definition) is 1. The Morgan fingerprint density at radius 2 is 1.76 bits per heavy atom. The van der Waals surface area contributed by atoms with Crippen LogP contribution in [0.25, 0.3) is 10.8 Å². The zero-order chi connectivity index (χ0) is 20.1. The third kappa shape index (κ3) is 4.63. The van der Waals surface area contributed by atoms with Crippen LogP contribution in [0.4, 0.5) is 4.79 Å². The molecule has 0 radical (unpaired) electrons. The highest BCUT2D eigenvalue weighted by molar-refractivity contribution is 5.86. The molecule has 0 bridgehead atoms. The number of fused-ring (bicyclic) bond motifs is 1. The third-order valence-corrected chi connectivity index (χ3v) is 5.03. The van der Waals surface area contributed by atoms with Crippen molar-refractivity contribution in [2.75, 3.05) is 7.05 Å². The zero-order valence-corrected chi connectivity index (χ0v) is 16.5. The Bertz CT molecular complexity index is 1080. The van der Waals surface area contributed by atoms with Crippen LogP contribution in [-0.4, -0.2) is 27.5 Å². The van der Waals surface area contributed by atoms with Gasteiger partial charge in [-0.3, -0.25) is 0 Å². The molecule has 29 heavy (non-hydrogen) atoms. The van der Waals surface area contributed by atoms with E-state index >= 15 is 0 Å². The Hall–Kier alpha value is -3.60. The summed E-state index contributed by atoms with van der Waals surface area (Å²) in [5.41, 5.74) is 3.42. The first-order valence-corrected chi connectivity index (χ1v) is 9.68. The number of nitrogens with one attached hydrogen (secondary N) is 1. The summed E-state index contributed by atoms with van der Waals surface area (Å²) in [6, 6.07) is 22.6. The first-order chi connectivity index (χ1) is 14.2. The van der Waals surface area contributed by atoms with Gasteiger partial charge in [0.2, 0.25) is 0 Å². The van der Waals surface area contributed by atoms with Crippen molar-refractivity contribution in [2.45, 2.75) is 19.6 Å². The minimum atomic E-state index is -0.0829. The quantitative estimate of drug-likeness (QED) is 0.535. The molecule has 0 aliphatic rings. The number of carbonyl (C=O) groups excluding carboxylic acids is 1. The first kappa shape index (κ1) is 18.7. The molecule has 0 fully saturated rings. The molecule has 1 heterocycles. The summed E-state index contributed by atoms with van der Waals surface area (Å²) in [7, 11) is 1.82. The second kappa shape index (κ2) is 8.61. The maximum absolute atomic E-state index is 12.5. The Balaban J connectivity index is 1.33. The number of benzene rings is 3. The van der Waals surface area contributed by atoms with E-state index in [2.05, 4.69) is 58.8 Å². The van der Waals surface area contributed by atoms with Gasteiger partial charge >= 0.3 is 6.03 Å². The molecule has 146 valence electrons. The summed E-state index contributed by atoms with van der Waals surface area (Å²) in [4.78, 5) is 18.3. The molecule has 5 heteroatoms. The normalized spacial score (nSPS) is 10.8. The molecule has 0 aliphatic heterocycles. The van der Waals surface area contributed by atoms with E-state index in [1.54, 1.807) is 17.4 Å². The van der Waals surface area contributed by atoms with Gasteiger partial charge in [0.05, 0.1) is 6.33 Å². The van der Waals surface area contributed by atoms with Crippen molar-refractivity contribution in [1.29, 1.82) is 0 Å². The summed E-state index contributed by atoms with van der Waals surface area (Å²) in [5.74, 6) is 0. The van der Waals surface area contributed by atoms with Crippen LogP contribution in [0.5, 0.6) is 0 Å². The van der Waals surface area contributed by atoms with Gasteiger partial charge in [-0.25, -0.2) is 9.78 Å². The summed E-state index contributed by atoms with van der Waals surface area (Å²) in [5, 5.41) is 5.38. The molecule has 1 aromatic heterocycles.